The summed E-state index contributed by atoms with van der Waals surface area (Å²) in [7, 11) is 0. The third-order valence-electron chi connectivity index (χ3n) is 1.65. The van der Waals surface area contributed by atoms with Crippen molar-refractivity contribution in [3.8, 4) is 0 Å². The fourth-order valence-electron chi connectivity index (χ4n) is 0.614. The molecule has 1 unspecified atom stereocenters. The third kappa shape index (κ3) is 9.48. The second-order valence-corrected chi connectivity index (χ2v) is 2.61. The van der Waals surface area contributed by atoms with Crippen molar-refractivity contribution in [2.45, 2.75) is 40.5 Å². The Bertz CT molecular complexity index is 101. The van der Waals surface area contributed by atoms with Gasteiger partial charge in [-0.3, -0.25) is 0 Å². The summed E-state index contributed by atoms with van der Waals surface area (Å²) < 4.78 is 0. The number of rotatable bonds is 4. The lowest BCUT2D eigenvalue weighted by Gasteiger charge is -2.07. The van der Waals surface area contributed by atoms with Gasteiger partial charge in [0.15, 0.2) is 0 Å². The number of hydrogen-bond acceptors (Lipinski definition) is 0. The van der Waals surface area contributed by atoms with Gasteiger partial charge in [-0.15, -0.1) is 6.58 Å². The molecule has 0 rings (SSSR count). The van der Waals surface area contributed by atoms with Crippen molar-refractivity contribution in [2.75, 3.05) is 0 Å². The first-order valence-electron chi connectivity index (χ1n) is 4.44. The molecule has 66 valence electrons. The maximum Gasteiger partial charge on any atom is -0.0234 e. The zero-order chi connectivity index (χ0) is 9.28. The van der Waals surface area contributed by atoms with E-state index in [1.165, 1.54) is 12.0 Å². The van der Waals surface area contributed by atoms with E-state index in [9.17, 15) is 0 Å². The summed E-state index contributed by atoms with van der Waals surface area (Å²) in [6.45, 7) is 15.8. The van der Waals surface area contributed by atoms with Gasteiger partial charge >= 0.3 is 0 Å². The Morgan fingerprint density at radius 2 is 1.91 bits per heavy atom. The van der Waals surface area contributed by atoms with Crippen LogP contribution >= 0.6 is 0 Å². The lowest BCUT2D eigenvalue weighted by molar-refractivity contribution is 0.624. The van der Waals surface area contributed by atoms with E-state index in [0.717, 1.165) is 6.42 Å². The van der Waals surface area contributed by atoms with E-state index in [-0.39, 0.29) is 0 Å². The van der Waals surface area contributed by atoms with Crippen LogP contribution in [0, 0.1) is 5.92 Å². The number of allylic oxidation sites excluding steroid dienone is 2. The molecule has 11 heavy (non-hydrogen) atoms. The Hall–Kier alpha value is -0.520. The van der Waals surface area contributed by atoms with E-state index in [2.05, 4.69) is 27.0 Å². The van der Waals surface area contributed by atoms with E-state index < -0.39 is 0 Å². The van der Waals surface area contributed by atoms with Crippen molar-refractivity contribution < 1.29 is 0 Å². The molecular formula is C11H22. The zero-order valence-electron chi connectivity index (χ0n) is 8.48. The van der Waals surface area contributed by atoms with Crippen LogP contribution in [0.3, 0.4) is 0 Å². The maximum absolute atomic E-state index is 3.87. The Kier molecular flexibility index (Phi) is 11.3. The average molecular weight is 154 g/mol. The van der Waals surface area contributed by atoms with Crippen molar-refractivity contribution >= 4 is 0 Å². The SMILES string of the molecule is C=CCCC(C)C(=C)C.CC. The molecule has 0 aliphatic heterocycles. The molecule has 0 aromatic rings. The molecule has 0 aromatic heterocycles. The topological polar surface area (TPSA) is 0 Å². The first-order valence-corrected chi connectivity index (χ1v) is 4.44. The van der Waals surface area contributed by atoms with Gasteiger partial charge in [0.1, 0.15) is 0 Å². The highest BCUT2D eigenvalue weighted by Gasteiger charge is 1.98. The van der Waals surface area contributed by atoms with Crippen LogP contribution in [0.25, 0.3) is 0 Å². The molecule has 0 radical (unpaired) electrons. The largest absolute Gasteiger partial charge is 0.103 e. The second-order valence-electron chi connectivity index (χ2n) is 2.61. The Morgan fingerprint density at radius 3 is 2.18 bits per heavy atom. The molecule has 1 atom stereocenters. The average Bonchev–Trinajstić information content (AvgIpc) is 2.03. The highest BCUT2D eigenvalue weighted by molar-refractivity contribution is 4.94. The van der Waals surface area contributed by atoms with Crippen molar-refractivity contribution in [3.05, 3.63) is 24.8 Å². The quantitative estimate of drug-likeness (QED) is 0.533. The van der Waals surface area contributed by atoms with Crippen LogP contribution < -0.4 is 0 Å². The summed E-state index contributed by atoms with van der Waals surface area (Å²) in [5.41, 5.74) is 1.27. The summed E-state index contributed by atoms with van der Waals surface area (Å²) in [6.07, 6.45) is 4.26. The monoisotopic (exact) mass is 154 g/mol. The summed E-state index contributed by atoms with van der Waals surface area (Å²) in [5.74, 6) is 0.656. The van der Waals surface area contributed by atoms with E-state index in [0.29, 0.717) is 5.92 Å². The lowest BCUT2D eigenvalue weighted by atomic mass is 9.99. The van der Waals surface area contributed by atoms with Crippen molar-refractivity contribution in [2.24, 2.45) is 5.92 Å². The molecule has 0 fully saturated rings. The van der Waals surface area contributed by atoms with Gasteiger partial charge in [0, 0.05) is 0 Å². The predicted molar refractivity (Wildman–Crippen MR) is 54.8 cm³/mol. The summed E-state index contributed by atoms with van der Waals surface area (Å²) in [6, 6.07) is 0. The van der Waals surface area contributed by atoms with E-state index in [1.807, 2.05) is 19.9 Å². The normalized spacial score (nSPS) is 10.9. The van der Waals surface area contributed by atoms with Crippen molar-refractivity contribution in [1.82, 2.24) is 0 Å². The van der Waals surface area contributed by atoms with Crippen LogP contribution in [0.1, 0.15) is 40.5 Å². The van der Waals surface area contributed by atoms with Crippen molar-refractivity contribution in [1.29, 1.82) is 0 Å². The predicted octanol–water partition coefficient (Wildman–Crippen LogP) is 4.19. The Balaban J connectivity index is 0. The molecule has 0 saturated heterocycles. The van der Waals surface area contributed by atoms with Gasteiger partial charge in [0.25, 0.3) is 0 Å². The van der Waals surface area contributed by atoms with Gasteiger partial charge < -0.3 is 0 Å². The molecule has 0 saturated carbocycles. The van der Waals surface area contributed by atoms with Gasteiger partial charge in [-0.2, -0.15) is 0 Å². The number of hydrogen-bond donors (Lipinski definition) is 0. The van der Waals surface area contributed by atoms with Crippen LogP contribution in [-0.2, 0) is 0 Å². The highest BCUT2D eigenvalue weighted by Crippen LogP contribution is 2.13. The highest BCUT2D eigenvalue weighted by atomic mass is 14.0. The standard InChI is InChI=1S/C9H16.C2H6/c1-5-6-7-9(4)8(2)3;1-2/h5,9H,1-2,6-7H2,3-4H3;1-2H3. The fourth-order valence-corrected chi connectivity index (χ4v) is 0.614. The first-order chi connectivity index (χ1) is 5.18. The molecule has 0 aromatic carbocycles. The van der Waals surface area contributed by atoms with Gasteiger partial charge in [0.05, 0.1) is 0 Å². The summed E-state index contributed by atoms with van der Waals surface area (Å²) in [5, 5.41) is 0. The van der Waals surface area contributed by atoms with Gasteiger partial charge in [-0.1, -0.05) is 39.0 Å². The molecule has 0 nitrogen and oxygen atoms in total. The molecule has 0 amide bonds. The van der Waals surface area contributed by atoms with Crippen LogP contribution in [0.15, 0.2) is 24.8 Å². The minimum atomic E-state index is 0.656. The molecule has 0 heteroatoms. The van der Waals surface area contributed by atoms with Crippen molar-refractivity contribution in [3.63, 3.8) is 0 Å². The van der Waals surface area contributed by atoms with E-state index in [4.69, 9.17) is 0 Å². The minimum Gasteiger partial charge on any atom is -0.103 e. The van der Waals surface area contributed by atoms with Crippen LogP contribution in [-0.4, -0.2) is 0 Å². The minimum absolute atomic E-state index is 0.656. The molecule has 0 heterocycles. The summed E-state index contributed by atoms with van der Waals surface area (Å²) >= 11 is 0. The summed E-state index contributed by atoms with van der Waals surface area (Å²) in [4.78, 5) is 0. The fraction of sp³-hybridized carbons (Fsp3) is 0.636. The second kappa shape index (κ2) is 9.48. The van der Waals surface area contributed by atoms with Crippen LogP contribution in [0.2, 0.25) is 0 Å². The van der Waals surface area contributed by atoms with E-state index >= 15 is 0 Å². The molecule has 0 bridgehead atoms. The van der Waals surface area contributed by atoms with Gasteiger partial charge in [-0.25, -0.2) is 0 Å². The molecule has 0 aliphatic rings. The zero-order valence-corrected chi connectivity index (χ0v) is 8.48. The smallest absolute Gasteiger partial charge is 0.0234 e. The molecule has 0 spiro atoms. The van der Waals surface area contributed by atoms with Gasteiger partial charge in [0.2, 0.25) is 0 Å². The Labute approximate surface area is 72.0 Å². The van der Waals surface area contributed by atoms with Crippen LogP contribution in [0.5, 0.6) is 0 Å². The van der Waals surface area contributed by atoms with E-state index in [1.54, 1.807) is 0 Å². The molecular weight excluding hydrogens is 132 g/mol. The lowest BCUT2D eigenvalue weighted by Crippen LogP contribution is -1.93. The first kappa shape index (κ1) is 13.1. The maximum atomic E-state index is 3.87. The molecule has 0 N–H and O–H groups in total. The Morgan fingerprint density at radius 1 is 1.45 bits per heavy atom. The molecule has 0 aliphatic carbocycles. The third-order valence-corrected chi connectivity index (χ3v) is 1.65. The van der Waals surface area contributed by atoms with Crippen LogP contribution in [0.4, 0.5) is 0 Å². The van der Waals surface area contributed by atoms with Gasteiger partial charge in [-0.05, 0) is 25.7 Å².